The van der Waals surface area contributed by atoms with E-state index < -0.39 is 20.1 Å². The summed E-state index contributed by atoms with van der Waals surface area (Å²) in [5.41, 5.74) is 6.23. The Labute approximate surface area is 173 Å². The average molecular weight is 558 g/mol. The molecule has 3 rings (SSSR count). The Morgan fingerprint density at radius 2 is 1.72 bits per heavy atom. The predicted octanol–water partition coefficient (Wildman–Crippen LogP) is 6.10. The third kappa shape index (κ3) is 5.66. The molecule has 0 N–H and O–H groups in total. The van der Waals surface area contributed by atoms with E-state index in [0.29, 0.717) is 12.1 Å². The fourth-order valence-corrected chi connectivity index (χ4v) is 28.5. The van der Waals surface area contributed by atoms with Gasteiger partial charge in [0.15, 0.2) is 0 Å². The van der Waals surface area contributed by atoms with Crippen molar-refractivity contribution in [2.45, 2.75) is 40.2 Å². The molecule has 0 saturated carbocycles. The van der Waals surface area contributed by atoms with Crippen LogP contribution in [0.2, 0.25) is 0 Å². The van der Waals surface area contributed by atoms with Crippen LogP contribution in [0, 0.1) is 5.92 Å². The van der Waals surface area contributed by atoms with Crippen LogP contribution in [0.15, 0.2) is 71.9 Å². The van der Waals surface area contributed by atoms with E-state index in [1.165, 1.54) is 18.0 Å². The molecule has 0 saturated heterocycles. The van der Waals surface area contributed by atoms with Gasteiger partial charge in [-0.3, -0.25) is 0 Å². The molecule has 4 heteroatoms. The zero-order valence-electron chi connectivity index (χ0n) is 15.5. The predicted molar refractivity (Wildman–Crippen MR) is 114 cm³/mol. The molecule has 1 aromatic carbocycles. The molecule has 0 aliphatic heterocycles. The minimum Gasteiger partial charge on any atom is -0.147 e. The number of halogens is 2. The Balaban J connectivity index is 0.00000156. The van der Waals surface area contributed by atoms with Crippen LogP contribution in [-0.4, -0.2) is 6.22 Å². The van der Waals surface area contributed by atoms with Gasteiger partial charge in [-0.1, -0.05) is 0 Å². The molecule has 134 valence electrons. The molecule has 0 nitrogen and oxygen atoms in total. The summed E-state index contributed by atoms with van der Waals surface area (Å²) in [5.74, 6) is 0.696. The van der Waals surface area contributed by atoms with Crippen molar-refractivity contribution in [2.75, 3.05) is 0 Å². The number of rotatable bonds is 4. The van der Waals surface area contributed by atoms with Gasteiger partial charge in [-0.05, 0) is 0 Å². The molecule has 0 bridgehead atoms. The summed E-state index contributed by atoms with van der Waals surface area (Å²) in [7, 11) is 0. The standard InChI is InChI=1S/C7H8Si.2C7H9.2ClH.Hf/c8-6-7-4-2-1-3-5-7;2*1-6-3-4-7(2)5-6;;;/h1-5,8H,6H2;5H,3H2,1-2H3;3,5,7H,1-2H3;2*1H;. The van der Waals surface area contributed by atoms with Gasteiger partial charge in [0, 0.05) is 0 Å². The zero-order chi connectivity index (χ0) is 16.4. The maximum absolute atomic E-state index is 2.55. The Bertz CT molecular complexity index is 770. The summed E-state index contributed by atoms with van der Waals surface area (Å²) in [6.07, 6.45) is 9.32. The largest absolute Gasteiger partial charge is 0.147 e. The Morgan fingerprint density at radius 1 is 1.04 bits per heavy atom. The van der Waals surface area contributed by atoms with Crippen molar-refractivity contribution < 1.29 is 20.1 Å². The average Bonchev–Trinajstić information content (AvgIpc) is 3.02. The molecule has 25 heavy (non-hydrogen) atoms. The van der Waals surface area contributed by atoms with Gasteiger partial charge in [-0.15, -0.1) is 24.8 Å². The first-order chi connectivity index (χ1) is 11.0. The van der Waals surface area contributed by atoms with Crippen LogP contribution < -0.4 is 0 Å². The van der Waals surface area contributed by atoms with Crippen molar-refractivity contribution in [1.82, 2.24) is 0 Å². The van der Waals surface area contributed by atoms with Crippen LogP contribution in [0.25, 0.3) is 0 Å². The van der Waals surface area contributed by atoms with E-state index in [4.69, 9.17) is 0 Å². The van der Waals surface area contributed by atoms with Crippen molar-refractivity contribution in [3.63, 3.8) is 0 Å². The third-order valence-electron chi connectivity index (χ3n) is 4.80. The molecule has 1 atom stereocenters. The molecule has 0 radical (unpaired) electrons. The molecule has 0 fully saturated rings. The van der Waals surface area contributed by atoms with Gasteiger partial charge < -0.3 is 0 Å². The molecule has 0 amide bonds. The smallest absolute Gasteiger partial charge is 0.147 e. The topological polar surface area (TPSA) is 0 Å². The van der Waals surface area contributed by atoms with Gasteiger partial charge in [0.05, 0.1) is 0 Å². The Kier molecular flexibility index (Phi) is 9.38. The second-order valence-corrected chi connectivity index (χ2v) is 24.1. The van der Waals surface area contributed by atoms with E-state index in [2.05, 4.69) is 76.3 Å². The minimum absolute atomic E-state index is 0. The van der Waals surface area contributed by atoms with Gasteiger partial charge in [-0.2, -0.15) is 0 Å². The van der Waals surface area contributed by atoms with Crippen molar-refractivity contribution in [3.05, 3.63) is 77.5 Å². The van der Waals surface area contributed by atoms with E-state index in [1.54, 1.807) is 16.7 Å². The maximum atomic E-state index is 2.55. The summed E-state index contributed by atoms with van der Waals surface area (Å²) in [5, 5.41) is 0. The van der Waals surface area contributed by atoms with Crippen LogP contribution in [0.3, 0.4) is 0 Å². The fraction of sp³-hybridized carbons (Fsp3) is 0.333. The van der Waals surface area contributed by atoms with Crippen LogP contribution in [0.4, 0.5) is 0 Å². The molecule has 0 spiro atoms. The molecule has 2 aliphatic carbocycles. The summed E-state index contributed by atoms with van der Waals surface area (Å²) in [6.45, 7) is 9.36. The number of hydrogen-bond acceptors (Lipinski definition) is 0. The van der Waals surface area contributed by atoms with E-state index in [0.717, 1.165) is 0 Å². The fourth-order valence-electron chi connectivity index (χ4n) is 3.71. The third-order valence-corrected chi connectivity index (χ3v) is 26.8. The number of allylic oxidation sites excluding steroid dienone is 8. The SMILES string of the molecule is CC1=CC(C)[C](/[Hf](=[SiH]\Cc2ccccc2)[C]2=C(C)C=C(C)C2)=C1.Cl.Cl. The molecule has 2 aliphatic rings. The molecule has 1 unspecified atom stereocenters. The number of hydrogen-bond donors (Lipinski definition) is 0. The maximum Gasteiger partial charge on any atom is -0.147 e. The monoisotopic (exact) mass is 558 g/mol. The minimum atomic E-state index is -1.86. The quantitative estimate of drug-likeness (QED) is 0.392. The second kappa shape index (κ2) is 10.3. The van der Waals surface area contributed by atoms with Gasteiger partial charge >= 0.3 is 150 Å². The van der Waals surface area contributed by atoms with E-state index in [-0.39, 0.29) is 24.8 Å². The first kappa shape index (κ1) is 22.9. The summed E-state index contributed by atoms with van der Waals surface area (Å²) < 4.78 is 3.77. The molecular weight excluding hydrogens is 530 g/mol. The van der Waals surface area contributed by atoms with Gasteiger partial charge in [0.25, 0.3) is 0 Å². The van der Waals surface area contributed by atoms with Gasteiger partial charge in [-0.25, -0.2) is 0 Å². The zero-order valence-corrected chi connectivity index (χ0v) is 21.9. The van der Waals surface area contributed by atoms with E-state index in [9.17, 15) is 0 Å². The van der Waals surface area contributed by atoms with Crippen molar-refractivity contribution in [1.29, 1.82) is 0 Å². The molecule has 0 aromatic heterocycles. The second-order valence-electron chi connectivity index (χ2n) is 6.94. The molecular formula is C21H28Cl2HfSi. The summed E-state index contributed by atoms with van der Waals surface area (Å²) in [6, 6.07) is 12.5. The molecule has 1 aromatic rings. The van der Waals surface area contributed by atoms with Crippen molar-refractivity contribution in [3.8, 4) is 0 Å². The first-order valence-electron chi connectivity index (χ1n) is 8.56. The Hall–Kier alpha value is -0.153. The van der Waals surface area contributed by atoms with Crippen LogP contribution in [0.1, 0.15) is 39.7 Å². The van der Waals surface area contributed by atoms with E-state index >= 15 is 0 Å². The van der Waals surface area contributed by atoms with Crippen molar-refractivity contribution >= 4 is 31.0 Å². The van der Waals surface area contributed by atoms with E-state index in [1.807, 2.05) is 6.66 Å². The van der Waals surface area contributed by atoms with Crippen LogP contribution in [0.5, 0.6) is 0 Å². The summed E-state index contributed by atoms with van der Waals surface area (Å²) in [4.78, 5) is 0. The Morgan fingerprint density at radius 3 is 2.24 bits per heavy atom. The molecule has 0 heterocycles. The van der Waals surface area contributed by atoms with Crippen LogP contribution in [-0.2, 0) is 26.1 Å². The first-order valence-corrected chi connectivity index (χ1v) is 19.8. The van der Waals surface area contributed by atoms with Crippen molar-refractivity contribution in [2.24, 2.45) is 5.92 Å². The normalized spacial score (nSPS) is 19.8. The summed E-state index contributed by atoms with van der Waals surface area (Å²) >= 11 is -1.86. The van der Waals surface area contributed by atoms with Crippen LogP contribution >= 0.6 is 24.8 Å². The van der Waals surface area contributed by atoms with Gasteiger partial charge in [0.2, 0.25) is 0 Å². The number of benzene rings is 1. The van der Waals surface area contributed by atoms with Gasteiger partial charge in [0.1, 0.15) is 0 Å².